The molecule has 3 nitrogen and oxygen atoms in total. The number of aliphatic hydroxyl groups is 3. The molecule has 6 heteroatoms. The number of benzene rings is 2. The van der Waals surface area contributed by atoms with Gasteiger partial charge in [0.1, 0.15) is 0 Å². The summed E-state index contributed by atoms with van der Waals surface area (Å²) < 4.78 is 0. The molecule has 0 saturated carbocycles. The molecule has 2 rings (SSSR count). The number of thioether (sulfide) groups is 3. The van der Waals surface area contributed by atoms with E-state index in [1.807, 2.05) is 12.1 Å². The molecule has 0 aliphatic carbocycles. The standard InChI is InChI=1S/C16H20O3S3/c17-5-8-20-14-11-12-3-1-2-4-13(12)15(21-9-6-18)16(14)22-10-7-19/h1-4,11,17-19H,5-10H2. The van der Waals surface area contributed by atoms with Crippen molar-refractivity contribution in [3.8, 4) is 0 Å². The van der Waals surface area contributed by atoms with Crippen molar-refractivity contribution in [2.24, 2.45) is 0 Å². The van der Waals surface area contributed by atoms with Crippen LogP contribution in [0.5, 0.6) is 0 Å². The topological polar surface area (TPSA) is 60.7 Å². The highest BCUT2D eigenvalue weighted by molar-refractivity contribution is 8.04. The van der Waals surface area contributed by atoms with Crippen molar-refractivity contribution in [1.29, 1.82) is 0 Å². The van der Waals surface area contributed by atoms with E-state index in [1.54, 1.807) is 35.3 Å². The fraction of sp³-hybridized carbons (Fsp3) is 0.375. The van der Waals surface area contributed by atoms with Gasteiger partial charge in [0.2, 0.25) is 0 Å². The van der Waals surface area contributed by atoms with E-state index in [1.165, 1.54) is 5.39 Å². The molecule has 3 N–H and O–H groups in total. The van der Waals surface area contributed by atoms with Crippen LogP contribution in [-0.4, -0.2) is 52.4 Å². The molecule has 0 aromatic heterocycles. The van der Waals surface area contributed by atoms with Gasteiger partial charge in [-0.15, -0.1) is 35.3 Å². The van der Waals surface area contributed by atoms with Gasteiger partial charge >= 0.3 is 0 Å². The third kappa shape index (κ3) is 4.57. The molecule has 2 aromatic carbocycles. The normalized spacial score (nSPS) is 11.2. The summed E-state index contributed by atoms with van der Waals surface area (Å²) >= 11 is 4.91. The van der Waals surface area contributed by atoms with Crippen LogP contribution >= 0.6 is 35.3 Å². The molecule has 22 heavy (non-hydrogen) atoms. The molecule has 0 radical (unpaired) electrons. The van der Waals surface area contributed by atoms with E-state index in [9.17, 15) is 5.11 Å². The largest absolute Gasteiger partial charge is 0.396 e. The van der Waals surface area contributed by atoms with E-state index in [0.29, 0.717) is 17.3 Å². The van der Waals surface area contributed by atoms with Gasteiger partial charge < -0.3 is 15.3 Å². The van der Waals surface area contributed by atoms with E-state index >= 15 is 0 Å². The number of fused-ring (bicyclic) bond motifs is 1. The molecular formula is C16H20O3S3. The van der Waals surface area contributed by atoms with E-state index in [2.05, 4.69) is 18.2 Å². The minimum Gasteiger partial charge on any atom is -0.396 e. The number of aliphatic hydroxyl groups excluding tert-OH is 3. The Labute approximate surface area is 143 Å². The predicted molar refractivity (Wildman–Crippen MR) is 97.4 cm³/mol. The van der Waals surface area contributed by atoms with Crippen LogP contribution in [0.1, 0.15) is 0 Å². The zero-order chi connectivity index (χ0) is 15.8. The van der Waals surface area contributed by atoms with E-state index < -0.39 is 0 Å². The molecule has 0 saturated heterocycles. The van der Waals surface area contributed by atoms with Crippen LogP contribution in [-0.2, 0) is 0 Å². The molecular weight excluding hydrogens is 336 g/mol. The van der Waals surface area contributed by atoms with Crippen molar-refractivity contribution < 1.29 is 15.3 Å². The molecule has 0 fully saturated rings. The summed E-state index contributed by atoms with van der Waals surface area (Å²) in [6, 6.07) is 10.4. The second-order valence-electron chi connectivity index (χ2n) is 4.47. The number of hydrogen-bond donors (Lipinski definition) is 3. The lowest BCUT2D eigenvalue weighted by Crippen LogP contribution is -1.95. The molecule has 0 spiro atoms. The quantitative estimate of drug-likeness (QED) is 0.600. The third-order valence-electron chi connectivity index (χ3n) is 2.95. The second kappa shape index (κ2) is 9.70. The average Bonchev–Trinajstić information content (AvgIpc) is 2.56. The number of hydrogen-bond acceptors (Lipinski definition) is 6. The Hall–Kier alpha value is -0.370. The highest BCUT2D eigenvalue weighted by Gasteiger charge is 2.14. The molecule has 0 aliphatic heterocycles. The number of rotatable bonds is 9. The van der Waals surface area contributed by atoms with Crippen molar-refractivity contribution in [2.75, 3.05) is 37.1 Å². The summed E-state index contributed by atoms with van der Waals surface area (Å²) in [5.41, 5.74) is 0. The summed E-state index contributed by atoms with van der Waals surface area (Å²) in [6.45, 7) is 0.406. The van der Waals surface area contributed by atoms with Crippen LogP contribution in [0.3, 0.4) is 0 Å². The molecule has 0 atom stereocenters. The maximum atomic E-state index is 9.17. The average molecular weight is 357 g/mol. The molecule has 120 valence electrons. The minimum absolute atomic E-state index is 0.131. The van der Waals surface area contributed by atoms with Crippen LogP contribution in [0.2, 0.25) is 0 Å². The lowest BCUT2D eigenvalue weighted by atomic mass is 10.1. The second-order valence-corrected chi connectivity index (χ2v) is 7.82. The maximum Gasteiger partial charge on any atom is 0.0525 e. The van der Waals surface area contributed by atoms with Crippen LogP contribution in [0, 0.1) is 0 Å². The molecule has 2 aromatic rings. The van der Waals surface area contributed by atoms with Gasteiger partial charge in [0.15, 0.2) is 0 Å². The van der Waals surface area contributed by atoms with Gasteiger partial charge in [-0.05, 0) is 16.8 Å². The summed E-state index contributed by atoms with van der Waals surface area (Å²) in [6.07, 6.45) is 0. The minimum atomic E-state index is 0.131. The predicted octanol–water partition coefficient (Wildman–Crippen LogP) is 3.09. The van der Waals surface area contributed by atoms with Crippen molar-refractivity contribution in [2.45, 2.75) is 14.7 Å². The lowest BCUT2D eigenvalue weighted by Gasteiger charge is -2.16. The van der Waals surface area contributed by atoms with Gasteiger partial charge in [-0.1, -0.05) is 24.3 Å². The van der Waals surface area contributed by atoms with Gasteiger partial charge in [0.05, 0.1) is 19.8 Å². The zero-order valence-corrected chi connectivity index (χ0v) is 14.6. The van der Waals surface area contributed by atoms with Crippen molar-refractivity contribution in [1.82, 2.24) is 0 Å². The van der Waals surface area contributed by atoms with Gasteiger partial charge in [0.25, 0.3) is 0 Å². The third-order valence-corrected chi connectivity index (χ3v) is 6.42. The Morgan fingerprint density at radius 1 is 0.727 bits per heavy atom. The summed E-state index contributed by atoms with van der Waals surface area (Å²) in [5.74, 6) is 1.93. The highest BCUT2D eigenvalue weighted by atomic mass is 32.2. The highest BCUT2D eigenvalue weighted by Crippen LogP contribution is 2.43. The smallest absolute Gasteiger partial charge is 0.0525 e. The first kappa shape index (κ1) is 18.0. The molecule has 0 amide bonds. The first-order chi connectivity index (χ1) is 10.8. The van der Waals surface area contributed by atoms with Gasteiger partial charge in [0, 0.05) is 31.9 Å². The Bertz CT molecular complexity index is 604. The van der Waals surface area contributed by atoms with E-state index in [-0.39, 0.29) is 19.8 Å². The summed E-state index contributed by atoms with van der Waals surface area (Å²) in [5, 5.41) is 29.8. The lowest BCUT2D eigenvalue weighted by molar-refractivity contribution is 0.322. The summed E-state index contributed by atoms with van der Waals surface area (Å²) in [4.78, 5) is 3.43. The Balaban J connectivity index is 2.52. The molecule has 0 heterocycles. The van der Waals surface area contributed by atoms with Gasteiger partial charge in [-0.25, -0.2) is 0 Å². The molecule has 0 unspecified atom stereocenters. The Morgan fingerprint density at radius 2 is 1.32 bits per heavy atom. The SMILES string of the molecule is OCCSc1cc2ccccc2c(SCCO)c1SCCO. The van der Waals surface area contributed by atoms with Crippen LogP contribution in [0.25, 0.3) is 10.8 Å². The van der Waals surface area contributed by atoms with E-state index in [4.69, 9.17) is 10.2 Å². The molecule has 0 aliphatic rings. The molecule has 0 bridgehead atoms. The van der Waals surface area contributed by atoms with Gasteiger partial charge in [-0.2, -0.15) is 0 Å². The van der Waals surface area contributed by atoms with Crippen LogP contribution in [0.15, 0.2) is 45.0 Å². The van der Waals surface area contributed by atoms with Crippen molar-refractivity contribution >= 4 is 46.1 Å². The monoisotopic (exact) mass is 356 g/mol. The van der Waals surface area contributed by atoms with Gasteiger partial charge in [-0.3, -0.25) is 0 Å². The maximum absolute atomic E-state index is 9.17. The first-order valence-corrected chi connectivity index (χ1v) is 10.0. The van der Waals surface area contributed by atoms with Crippen LogP contribution in [0.4, 0.5) is 0 Å². The Morgan fingerprint density at radius 3 is 2.00 bits per heavy atom. The first-order valence-electron chi connectivity index (χ1n) is 7.08. The summed E-state index contributed by atoms with van der Waals surface area (Å²) in [7, 11) is 0. The van der Waals surface area contributed by atoms with E-state index in [0.717, 1.165) is 20.1 Å². The van der Waals surface area contributed by atoms with Crippen molar-refractivity contribution in [3.05, 3.63) is 30.3 Å². The Kier molecular flexibility index (Phi) is 7.92. The fourth-order valence-electron chi connectivity index (χ4n) is 2.11. The van der Waals surface area contributed by atoms with Crippen molar-refractivity contribution in [3.63, 3.8) is 0 Å². The zero-order valence-electron chi connectivity index (χ0n) is 12.2. The van der Waals surface area contributed by atoms with Crippen LogP contribution < -0.4 is 0 Å². The fourth-order valence-corrected chi connectivity index (χ4v) is 5.25.